The average molecular weight is 327 g/mol. The molecule has 0 saturated heterocycles. The quantitative estimate of drug-likeness (QED) is 0.526. The number of amides is 1. The second-order valence-electron chi connectivity index (χ2n) is 7.61. The zero-order valence-corrected chi connectivity index (χ0v) is 14.4. The van der Waals surface area contributed by atoms with Gasteiger partial charge < -0.3 is 5.32 Å². The summed E-state index contributed by atoms with van der Waals surface area (Å²) in [6.45, 7) is 6.93. The van der Waals surface area contributed by atoms with E-state index in [0.717, 1.165) is 0 Å². The number of fused-ring (bicyclic) bond motifs is 2. The molecule has 5 nitrogen and oxygen atoms in total. The van der Waals surface area contributed by atoms with E-state index in [1.165, 1.54) is 6.92 Å². The van der Waals surface area contributed by atoms with E-state index in [9.17, 15) is 19.2 Å². The SMILES string of the molecule is CC(=O)c1ccc(NC(=O)C23CCC(C)(C(=O)C2=O)C3(C)C)cc1. The lowest BCUT2D eigenvalue weighted by Gasteiger charge is -2.37. The summed E-state index contributed by atoms with van der Waals surface area (Å²) in [5.74, 6) is -1.49. The second-order valence-corrected chi connectivity index (χ2v) is 7.61. The highest BCUT2D eigenvalue weighted by Gasteiger charge is 2.77. The van der Waals surface area contributed by atoms with Crippen molar-refractivity contribution in [2.75, 3.05) is 5.32 Å². The number of Topliss-reactive ketones (excluding diaryl/α,β-unsaturated/α-hetero) is 3. The first-order chi connectivity index (χ1) is 11.1. The molecule has 126 valence electrons. The van der Waals surface area contributed by atoms with Crippen LogP contribution in [0.3, 0.4) is 0 Å². The fourth-order valence-electron chi connectivity index (χ4n) is 4.30. The first kappa shape index (κ1) is 16.6. The van der Waals surface area contributed by atoms with Crippen molar-refractivity contribution in [1.29, 1.82) is 0 Å². The maximum atomic E-state index is 13.0. The largest absolute Gasteiger partial charge is 0.325 e. The third kappa shape index (κ3) is 1.75. The Hall–Kier alpha value is -2.30. The van der Waals surface area contributed by atoms with Crippen LogP contribution in [0.15, 0.2) is 24.3 Å². The lowest BCUT2D eigenvalue weighted by molar-refractivity contribution is -0.147. The third-order valence-electron chi connectivity index (χ3n) is 6.48. The second kappa shape index (κ2) is 4.85. The Labute approximate surface area is 140 Å². The number of benzene rings is 1. The molecule has 2 saturated carbocycles. The van der Waals surface area contributed by atoms with Gasteiger partial charge in [0.15, 0.2) is 5.78 Å². The normalized spacial score (nSPS) is 30.5. The minimum Gasteiger partial charge on any atom is -0.325 e. The van der Waals surface area contributed by atoms with Gasteiger partial charge in [-0.15, -0.1) is 0 Å². The molecule has 5 heteroatoms. The van der Waals surface area contributed by atoms with Crippen molar-refractivity contribution in [3.05, 3.63) is 29.8 Å². The number of anilines is 1. The summed E-state index contributed by atoms with van der Waals surface area (Å²) in [5.41, 5.74) is -1.75. The summed E-state index contributed by atoms with van der Waals surface area (Å²) in [5, 5.41) is 2.77. The molecule has 2 aliphatic rings. The van der Waals surface area contributed by atoms with Crippen molar-refractivity contribution in [2.24, 2.45) is 16.2 Å². The number of carbonyl (C=O) groups excluding carboxylic acids is 4. The fourth-order valence-corrected chi connectivity index (χ4v) is 4.30. The van der Waals surface area contributed by atoms with E-state index in [4.69, 9.17) is 0 Å². The maximum Gasteiger partial charge on any atom is 0.239 e. The van der Waals surface area contributed by atoms with Gasteiger partial charge in [-0.2, -0.15) is 0 Å². The smallest absolute Gasteiger partial charge is 0.239 e. The predicted octanol–water partition coefficient (Wildman–Crippen LogP) is 2.79. The Bertz CT molecular complexity index is 777. The van der Waals surface area contributed by atoms with E-state index in [0.29, 0.717) is 24.1 Å². The average Bonchev–Trinajstić information content (AvgIpc) is 2.80. The minimum atomic E-state index is -1.31. The maximum absolute atomic E-state index is 13.0. The van der Waals surface area contributed by atoms with Gasteiger partial charge in [0.25, 0.3) is 0 Å². The van der Waals surface area contributed by atoms with Crippen molar-refractivity contribution < 1.29 is 19.2 Å². The van der Waals surface area contributed by atoms with E-state index < -0.39 is 33.7 Å². The van der Waals surface area contributed by atoms with Crippen LogP contribution in [-0.2, 0) is 14.4 Å². The molecule has 24 heavy (non-hydrogen) atoms. The molecule has 2 unspecified atom stereocenters. The number of carbonyl (C=O) groups is 4. The number of ketones is 3. The number of hydrogen-bond donors (Lipinski definition) is 1. The molecule has 1 aromatic rings. The summed E-state index contributed by atoms with van der Waals surface area (Å²) >= 11 is 0. The minimum absolute atomic E-state index is 0.0595. The van der Waals surface area contributed by atoms with Crippen molar-refractivity contribution in [2.45, 2.75) is 40.5 Å². The molecule has 1 N–H and O–H groups in total. The summed E-state index contributed by atoms with van der Waals surface area (Å²) < 4.78 is 0. The molecule has 2 atom stereocenters. The Morgan fingerprint density at radius 1 is 0.958 bits per heavy atom. The standard InChI is InChI=1S/C19H21NO4/c1-11(21)12-5-7-13(8-6-12)20-16(24)19-10-9-18(4,17(19,2)3)14(22)15(19)23/h5-8H,9-10H2,1-4H3,(H,20,24). The van der Waals surface area contributed by atoms with Gasteiger partial charge >= 0.3 is 0 Å². The van der Waals surface area contributed by atoms with Gasteiger partial charge in [0.1, 0.15) is 5.41 Å². The lowest BCUT2D eigenvalue weighted by Crippen LogP contribution is -2.47. The van der Waals surface area contributed by atoms with Gasteiger partial charge in [0, 0.05) is 16.7 Å². The summed E-state index contributed by atoms with van der Waals surface area (Å²) in [4.78, 5) is 49.3. The van der Waals surface area contributed by atoms with Crippen LogP contribution in [0.1, 0.15) is 50.9 Å². The molecular weight excluding hydrogens is 306 g/mol. The van der Waals surface area contributed by atoms with Crippen LogP contribution in [0.4, 0.5) is 5.69 Å². The highest BCUT2D eigenvalue weighted by Crippen LogP contribution is 2.69. The van der Waals surface area contributed by atoms with Gasteiger partial charge in [-0.3, -0.25) is 19.2 Å². The Morgan fingerprint density at radius 2 is 1.54 bits per heavy atom. The number of hydrogen-bond acceptors (Lipinski definition) is 4. The molecule has 1 amide bonds. The van der Waals surface area contributed by atoms with Crippen molar-refractivity contribution in [3.63, 3.8) is 0 Å². The van der Waals surface area contributed by atoms with Crippen LogP contribution in [0, 0.1) is 16.2 Å². The number of nitrogens with one attached hydrogen (secondary N) is 1. The van der Waals surface area contributed by atoms with Crippen molar-refractivity contribution >= 4 is 28.9 Å². The number of rotatable bonds is 3. The fraction of sp³-hybridized carbons (Fsp3) is 0.474. The van der Waals surface area contributed by atoms with E-state index >= 15 is 0 Å². The summed E-state index contributed by atoms with van der Waals surface area (Å²) in [6, 6.07) is 6.52. The monoisotopic (exact) mass is 327 g/mol. The van der Waals surface area contributed by atoms with E-state index in [-0.39, 0.29) is 5.78 Å². The molecule has 0 heterocycles. The molecule has 2 aliphatic carbocycles. The lowest BCUT2D eigenvalue weighted by atomic mass is 9.64. The van der Waals surface area contributed by atoms with Gasteiger partial charge in [-0.05, 0) is 49.4 Å². The Morgan fingerprint density at radius 3 is 2.00 bits per heavy atom. The highest BCUT2D eigenvalue weighted by atomic mass is 16.2. The van der Waals surface area contributed by atoms with Gasteiger partial charge in [-0.1, -0.05) is 20.8 Å². The van der Waals surface area contributed by atoms with E-state index in [1.807, 2.05) is 13.8 Å². The van der Waals surface area contributed by atoms with Crippen LogP contribution in [-0.4, -0.2) is 23.3 Å². The molecule has 0 radical (unpaired) electrons. The molecule has 0 aliphatic heterocycles. The van der Waals surface area contributed by atoms with Gasteiger partial charge in [0.2, 0.25) is 17.5 Å². The summed E-state index contributed by atoms with van der Waals surface area (Å²) in [6.07, 6.45) is 0.930. The van der Waals surface area contributed by atoms with Gasteiger partial charge in [-0.25, -0.2) is 0 Å². The van der Waals surface area contributed by atoms with Crippen LogP contribution >= 0.6 is 0 Å². The van der Waals surface area contributed by atoms with Crippen LogP contribution in [0.25, 0.3) is 0 Å². The molecule has 3 rings (SSSR count). The molecule has 0 spiro atoms. The first-order valence-electron chi connectivity index (χ1n) is 8.09. The zero-order chi connectivity index (χ0) is 17.9. The Balaban J connectivity index is 1.94. The zero-order valence-electron chi connectivity index (χ0n) is 14.4. The van der Waals surface area contributed by atoms with Crippen LogP contribution in [0.2, 0.25) is 0 Å². The first-order valence-corrected chi connectivity index (χ1v) is 8.09. The molecular formula is C19H21NO4. The van der Waals surface area contributed by atoms with Crippen LogP contribution < -0.4 is 5.32 Å². The van der Waals surface area contributed by atoms with E-state index in [1.54, 1.807) is 31.2 Å². The molecule has 2 bridgehead atoms. The highest BCUT2D eigenvalue weighted by molar-refractivity contribution is 6.49. The topological polar surface area (TPSA) is 80.3 Å². The third-order valence-corrected chi connectivity index (χ3v) is 6.48. The molecule has 0 aromatic heterocycles. The van der Waals surface area contributed by atoms with Crippen LogP contribution in [0.5, 0.6) is 0 Å². The summed E-state index contributed by atoms with van der Waals surface area (Å²) in [7, 11) is 0. The van der Waals surface area contributed by atoms with Crippen molar-refractivity contribution in [1.82, 2.24) is 0 Å². The van der Waals surface area contributed by atoms with Gasteiger partial charge in [0.05, 0.1) is 0 Å². The van der Waals surface area contributed by atoms with E-state index in [2.05, 4.69) is 5.32 Å². The Kier molecular flexibility index (Phi) is 3.35. The molecule has 2 fully saturated rings. The van der Waals surface area contributed by atoms with Crippen molar-refractivity contribution in [3.8, 4) is 0 Å². The molecule has 1 aromatic carbocycles. The predicted molar refractivity (Wildman–Crippen MR) is 88.6 cm³/mol.